The van der Waals surface area contributed by atoms with Gasteiger partial charge in [-0.15, -0.1) is 0 Å². The summed E-state index contributed by atoms with van der Waals surface area (Å²) in [5.41, 5.74) is 1.04. The summed E-state index contributed by atoms with van der Waals surface area (Å²) >= 11 is 4.41. The molecule has 0 aromatic heterocycles. The van der Waals surface area contributed by atoms with Crippen molar-refractivity contribution < 1.29 is 9.53 Å². The lowest BCUT2D eigenvalue weighted by Gasteiger charge is -2.15. The molecule has 0 spiro atoms. The summed E-state index contributed by atoms with van der Waals surface area (Å²) in [6.45, 7) is 1.90. The number of hydrogen-bond donors (Lipinski definition) is 0. The molecule has 0 amide bonds. The van der Waals surface area contributed by atoms with E-state index < -0.39 is 0 Å². The van der Waals surface area contributed by atoms with Gasteiger partial charge in [-0.1, -0.05) is 75.5 Å². The van der Waals surface area contributed by atoms with Crippen LogP contribution in [-0.2, 0) is 9.53 Å². The molecular formula is C12H14I2O2. The molecule has 1 aromatic rings. The number of esters is 1. The minimum atomic E-state index is -0.167. The number of rotatable bonds is 5. The molecule has 0 aliphatic rings. The molecule has 1 aromatic carbocycles. The lowest BCUT2D eigenvalue weighted by molar-refractivity contribution is -0.147. The topological polar surface area (TPSA) is 26.3 Å². The van der Waals surface area contributed by atoms with E-state index in [2.05, 4.69) is 45.2 Å². The van der Waals surface area contributed by atoms with Crippen molar-refractivity contribution in [1.82, 2.24) is 0 Å². The zero-order chi connectivity index (χ0) is 12.0. The van der Waals surface area contributed by atoms with Crippen LogP contribution >= 0.6 is 45.2 Å². The Kier molecular flexibility index (Phi) is 6.64. The molecule has 16 heavy (non-hydrogen) atoms. The maximum Gasteiger partial charge on any atom is 0.319 e. The highest BCUT2D eigenvalue weighted by atomic mass is 127. The van der Waals surface area contributed by atoms with E-state index >= 15 is 0 Å². The van der Waals surface area contributed by atoms with E-state index in [9.17, 15) is 4.79 Å². The van der Waals surface area contributed by atoms with Gasteiger partial charge in [0, 0.05) is 4.43 Å². The van der Waals surface area contributed by atoms with E-state index in [1.165, 1.54) is 0 Å². The van der Waals surface area contributed by atoms with Crippen LogP contribution in [0.3, 0.4) is 0 Å². The largest absolute Gasteiger partial charge is 0.457 e. The number of hydrogen-bond acceptors (Lipinski definition) is 2. The summed E-state index contributed by atoms with van der Waals surface area (Å²) in [4.78, 5) is 11.7. The van der Waals surface area contributed by atoms with Crippen LogP contribution in [0.25, 0.3) is 0 Å². The predicted molar refractivity (Wildman–Crippen MR) is 82.3 cm³/mol. The van der Waals surface area contributed by atoms with E-state index in [1.807, 2.05) is 37.3 Å². The molecule has 0 aliphatic carbocycles. The molecule has 0 heterocycles. The minimum absolute atomic E-state index is 0.0411. The first-order valence-electron chi connectivity index (χ1n) is 5.10. The highest BCUT2D eigenvalue weighted by Gasteiger charge is 2.18. The van der Waals surface area contributed by atoms with Crippen molar-refractivity contribution in [2.24, 2.45) is 0 Å². The number of ether oxygens (including phenoxy) is 1. The molecule has 0 fully saturated rings. The average Bonchev–Trinajstić information content (AvgIpc) is 2.30. The predicted octanol–water partition coefficient (Wildman–Crippen LogP) is 3.92. The van der Waals surface area contributed by atoms with Gasteiger partial charge in [0.1, 0.15) is 10.0 Å². The van der Waals surface area contributed by atoms with Gasteiger partial charge in [0.05, 0.1) is 0 Å². The van der Waals surface area contributed by atoms with Gasteiger partial charge in [-0.25, -0.2) is 0 Å². The van der Waals surface area contributed by atoms with Crippen LogP contribution < -0.4 is 0 Å². The van der Waals surface area contributed by atoms with Crippen molar-refractivity contribution in [3.05, 3.63) is 35.9 Å². The number of benzene rings is 1. The molecule has 88 valence electrons. The smallest absolute Gasteiger partial charge is 0.319 e. The van der Waals surface area contributed by atoms with Crippen LogP contribution in [0.15, 0.2) is 30.3 Å². The molecule has 0 aliphatic heterocycles. The summed E-state index contributed by atoms with van der Waals surface area (Å²) in [6, 6.07) is 9.80. The Hall–Kier alpha value is 0.150. The monoisotopic (exact) mass is 444 g/mol. The lowest BCUT2D eigenvalue weighted by Crippen LogP contribution is -2.19. The second kappa shape index (κ2) is 7.47. The standard InChI is InChI=1S/C12H14I2O2/c1-9(10-5-3-2-4-6-10)16-12(15)11(14)7-8-13/h2-6,9,11H,7-8H2,1H3. The SMILES string of the molecule is CC(OC(=O)C(I)CCI)c1ccccc1. The number of carbonyl (C=O) groups is 1. The van der Waals surface area contributed by atoms with E-state index in [1.54, 1.807) is 0 Å². The fourth-order valence-electron chi connectivity index (χ4n) is 1.25. The van der Waals surface area contributed by atoms with Gasteiger partial charge in [0.25, 0.3) is 0 Å². The molecule has 0 saturated heterocycles. The number of carbonyl (C=O) groups excluding carboxylic acids is 1. The van der Waals surface area contributed by atoms with E-state index in [4.69, 9.17) is 4.74 Å². The Labute approximate surface area is 123 Å². The molecular weight excluding hydrogens is 430 g/mol. The first-order valence-corrected chi connectivity index (χ1v) is 7.87. The highest BCUT2D eigenvalue weighted by Crippen LogP contribution is 2.19. The summed E-state index contributed by atoms with van der Waals surface area (Å²) in [5, 5.41) is 0. The first kappa shape index (κ1) is 14.2. The van der Waals surface area contributed by atoms with Crippen molar-refractivity contribution in [3.63, 3.8) is 0 Å². The Morgan fingerprint density at radius 1 is 1.38 bits per heavy atom. The maximum atomic E-state index is 11.7. The molecule has 0 bridgehead atoms. The zero-order valence-corrected chi connectivity index (χ0v) is 13.3. The molecule has 1 rings (SSSR count). The van der Waals surface area contributed by atoms with Crippen molar-refractivity contribution in [2.45, 2.75) is 23.4 Å². The second-order valence-corrected chi connectivity index (χ2v) is 6.02. The van der Waals surface area contributed by atoms with Crippen molar-refractivity contribution in [1.29, 1.82) is 0 Å². The molecule has 0 radical (unpaired) electrons. The molecule has 2 atom stereocenters. The zero-order valence-electron chi connectivity index (χ0n) is 9.03. The van der Waals surface area contributed by atoms with Gasteiger partial charge in [0.15, 0.2) is 0 Å². The van der Waals surface area contributed by atoms with Gasteiger partial charge >= 0.3 is 5.97 Å². The molecule has 2 unspecified atom stereocenters. The Morgan fingerprint density at radius 2 is 2.00 bits per heavy atom. The fraction of sp³-hybridized carbons (Fsp3) is 0.417. The Morgan fingerprint density at radius 3 is 2.56 bits per heavy atom. The third-order valence-electron chi connectivity index (χ3n) is 2.18. The summed E-state index contributed by atoms with van der Waals surface area (Å²) in [5.74, 6) is -0.117. The van der Waals surface area contributed by atoms with Gasteiger partial charge in [-0.3, -0.25) is 4.79 Å². The molecule has 0 N–H and O–H groups in total. The third kappa shape index (κ3) is 4.57. The Bertz CT molecular complexity index is 327. The summed E-state index contributed by atoms with van der Waals surface area (Å²) in [6.07, 6.45) is 0.696. The van der Waals surface area contributed by atoms with Crippen molar-refractivity contribution >= 4 is 51.2 Å². The summed E-state index contributed by atoms with van der Waals surface area (Å²) in [7, 11) is 0. The number of halogens is 2. The Balaban J connectivity index is 2.51. The van der Waals surface area contributed by atoms with Gasteiger partial charge < -0.3 is 4.74 Å². The van der Waals surface area contributed by atoms with Crippen LogP contribution in [0.5, 0.6) is 0 Å². The normalized spacial score (nSPS) is 14.2. The van der Waals surface area contributed by atoms with Gasteiger partial charge in [-0.2, -0.15) is 0 Å². The van der Waals surface area contributed by atoms with Crippen LogP contribution in [0.4, 0.5) is 0 Å². The first-order chi connectivity index (χ1) is 7.65. The van der Waals surface area contributed by atoms with Crippen LogP contribution in [-0.4, -0.2) is 14.3 Å². The van der Waals surface area contributed by atoms with E-state index in [0.717, 1.165) is 16.4 Å². The van der Waals surface area contributed by atoms with Crippen LogP contribution in [0.2, 0.25) is 0 Å². The van der Waals surface area contributed by atoms with Gasteiger partial charge in [-0.05, 0) is 18.9 Å². The van der Waals surface area contributed by atoms with E-state index in [0.29, 0.717) is 0 Å². The maximum absolute atomic E-state index is 11.7. The highest BCUT2D eigenvalue weighted by molar-refractivity contribution is 14.1. The van der Waals surface area contributed by atoms with Crippen LogP contribution in [0.1, 0.15) is 25.0 Å². The van der Waals surface area contributed by atoms with Crippen LogP contribution in [0, 0.1) is 0 Å². The minimum Gasteiger partial charge on any atom is -0.457 e. The van der Waals surface area contributed by atoms with Gasteiger partial charge in [0.2, 0.25) is 0 Å². The molecule has 2 nitrogen and oxygen atoms in total. The quantitative estimate of drug-likeness (QED) is 0.391. The fourth-order valence-corrected chi connectivity index (χ4v) is 3.53. The summed E-state index contributed by atoms with van der Waals surface area (Å²) < 4.78 is 6.33. The molecule has 0 saturated carbocycles. The average molecular weight is 444 g/mol. The number of alkyl halides is 2. The second-order valence-electron chi connectivity index (χ2n) is 3.43. The van der Waals surface area contributed by atoms with Crippen molar-refractivity contribution in [2.75, 3.05) is 4.43 Å². The third-order valence-corrected chi connectivity index (χ3v) is 3.93. The lowest BCUT2D eigenvalue weighted by atomic mass is 10.1. The molecule has 4 heteroatoms. The van der Waals surface area contributed by atoms with E-state index in [-0.39, 0.29) is 16.0 Å². The van der Waals surface area contributed by atoms with Crippen molar-refractivity contribution in [3.8, 4) is 0 Å².